The minimum Gasteiger partial charge on any atom is -0.378 e. The molecule has 0 amide bonds. The second-order valence-corrected chi connectivity index (χ2v) is 5.58. The van der Waals surface area contributed by atoms with Crippen molar-refractivity contribution in [1.82, 2.24) is 0 Å². The van der Waals surface area contributed by atoms with E-state index in [2.05, 4.69) is 67.6 Å². The van der Waals surface area contributed by atoms with Gasteiger partial charge >= 0.3 is 0 Å². The molecule has 1 nitrogen and oxygen atoms in total. The van der Waals surface area contributed by atoms with Crippen molar-refractivity contribution in [1.29, 1.82) is 0 Å². The Morgan fingerprint density at radius 1 is 0.762 bits per heavy atom. The molecular formula is C20H26O. The Morgan fingerprint density at radius 2 is 1.29 bits per heavy atom. The summed E-state index contributed by atoms with van der Waals surface area (Å²) in [7, 11) is 0. The monoisotopic (exact) mass is 282 g/mol. The van der Waals surface area contributed by atoms with Crippen LogP contribution in [0.5, 0.6) is 0 Å². The van der Waals surface area contributed by atoms with Crippen molar-refractivity contribution >= 4 is 0 Å². The molecule has 0 aliphatic carbocycles. The van der Waals surface area contributed by atoms with Gasteiger partial charge in [0.25, 0.3) is 0 Å². The van der Waals surface area contributed by atoms with Crippen molar-refractivity contribution in [2.75, 3.05) is 6.61 Å². The molecule has 0 atom stereocenters. The molecule has 0 bridgehead atoms. The summed E-state index contributed by atoms with van der Waals surface area (Å²) >= 11 is 0. The predicted molar refractivity (Wildman–Crippen MR) is 89.6 cm³/mol. The van der Waals surface area contributed by atoms with Gasteiger partial charge in [0, 0.05) is 6.61 Å². The third-order valence-corrected chi connectivity index (χ3v) is 3.71. The number of hydrogen-bond acceptors (Lipinski definition) is 1. The molecule has 0 fully saturated rings. The van der Waals surface area contributed by atoms with Crippen LogP contribution in [0.25, 0.3) is 0 Å². The van der Waals surface area contributed by atoms with E-state index in [0.29, 0.717) is 0 Å². The highest BCUT2D eigenvalue weighted by molar-refractivity contribution is 5.19. The molecule has 0 aliphatic heterocycles. The SMILES string of the molecule is CCCCCOC(Cc1ccccc1)Cc1ccccc1. The maximum Gasteiger partial charge on any atom is 0.0655 e. The van der Waals surface area contributed by atoms with Gasteiger partial charge in [0.2, 0.25) is 0 Å². The second-order valence-electron chi connectivity index (χ2n) is 5.58. The summed E-state index contributed by atoms with van der Waals surface area (Å²) in [5, 5.41) is 0. The molecule has 2 rings (SSSR count). The van der Waals surface area contributed by atoms with Crippen LogP contribution in [0.3, 0.4) is 0 Å². The predicted octanol–water partition coefficient (Wildman–Crippen LogP) is 5.05. The number of rotatable bonds is 9. The first-order chi connectivity index (χ1) is 10.4. The lowest BCUT2D eigenvalue weighted by Crippen LogP contribution is -2.20. The maximum absolute atomic E-state index is 6.15. The highest BCUT2D eigenvalue weighted by atomic mass is 16.5. The summed E-state index contributed by atoms with van der Waals surface area (Å²) in [6, 6.07) is 21.3. The Morgan fingerprint density at radius 3 is 1.76 bits per heavy atom. The van der Waals surface area contributed by atoms with Crippen molar-refractivity contribution in [3.63, 3.8) is 0 Å². The highest BCUT2D eigenvalue weighted by Gasteiger charge is 2.11. The molecule has 0 heterocycles. The number of ether oxygens (including phenoxy) is 1. The normalized spacial score (nSPS) is 11.0. The van der Waals surface area contributed by atoms with Crippen LogP contribution < -0.4 is 0 Å². The molecule has 0 aromatic heterocycles. The Balaban J connectivity index is 1.93. The quantitative estimate of drug-likeness (QED) is 0.585. The highest BCUT2D eigenvalue weighted by Crippen LogP contribution is 2.13. The number of benzene rings is 2. The Bertz CT molecular complexity index is 436. The molecule has 2 aromatic carbocycles. The summed E-state index contributed by atoms with van der Waals surface area (Å²) < 4.78 is 6.15. The molecular weight excluding hydrogens is 256 g/mol. The van der Waals surface area contributed by atoms with Crippen LogP contribution in [0.2, 0.25) is 0 Å². The van der Waals surface area contributed by atoms with Crippen LogP contribution in [0, 0.1) is 0 Å². The molecule has 0 unspecified atom stereocenters. The molecule has 0 N–H and O–H groups in total. The minimum atomic E-state index is 0.270. The standard InChI is InChI=1S/C20H26O/c1-2-3-10-15-21-20(16-18-11-6-4-7-12-18)17-19-13-8-5-9-14-19/h4-9,11-14,20H,2-3,10,15-17H2,1H3. The second kappa shape index (κ2) is 9.36. The number of unbranched alkanes of at least 4 members (excludes halogenated alkanes) is 2. The van der Waals surface area contributed by atoms with E-state index in [1.54, 1.807) is 0 Å². The van der Waals surface area contributed by atoms with Gasteiger partial charge in [-0.25, -0.2) is 0 Å². The number of hydrogen-bond donors (Lipinski definition) is 0. The average Bonchev–Trinajstić information content (AvgIpc) is 2.53. The molecule has 1 heteroatoms. The van der Waals surface area contributed by atoms with Gasteiger partial charge in [-0.2, -0.15) is 0 Å². The van der Waals surface area contributed by atoms with E-state index in [0.717, 1.165) is 25.9 Å². The van der Waals surface area contributed by atoms with E-state index in [-0.39, 0.29) is 6.10 Å². The molecule has 0 spiro atoms. The Kier molecular flexibility index (Phi) is 7.03. The summed E-state index contributed by atoms with van der Waals surface area (Å²) in [5.41, 5.74) is 2.71. The fourth-order valence-corrected chi connectivity index (χ4v) is 2.55. The van der Waals surface area contributed by atoms with Gasteiger partial charge in [0.05, 0.1) is 6.10 Å². The Hall–Kier alpha value is -1.60. The topological polar surface area (TPSA) is 9.23 Å². The fourth-order valence-electron chi connectivity index (χ4n) is 2.55. The lowest BCUT2D eigenvalue weighted by atomic mass is 10.0. The maximum atomic E-state index is 6.15. The Labute approximate surface area is 129 Å². The molecule has 21 heavy (non-hydrogen) atoms. The van der Waals surface area contributed by atoms with Gasteiger partial charge in [-0.3, -0.25) is 0 Å². The summed E-state index contributed by atoms with van der Waals surface area (Å²) in [6.07, 6.45) is 5.90. The summed E-state index contributed by atoms with van der Waals surface area (Å²) in [5.74, 6) is 0. The minimum absolute atomic E-state index is 0.270. The molecule has 2 aromatic rings. The van der Waals surface area contributed by atoms with E-state index in [1.807, 2.05) is 0 Å². The lowest BCUT2D eigenvalue weighted by Gasteiger charge is -2.18. The first-order valence-electron chi connectivity index (χ1n) is 8.08. The first kappa shape index (κ1) is 15.8. The molecule has 0 radical (unpaired) electrons. The lowest BCUT2D eigenvalue weighted by molar-refractivity contribution is 0.0513. The third-order valence-electron chi connectivity index (χ3n) is 3.71. The van der Waals surface area contributed by atoms with Crippen LogP contribution in [0.15, 0.2) is 60.7 Å². The zero-order valence-electron chi connectivity index (χ0n) is 13.0. The molecule has 0 saturated carbocycles. The van der Waals surface area contributed by atoms with E-state index in [4.69, 9.17) is 4.74 Å². The van der Waals surface area contributed by atoms with Crippen LogP contribution in [-0.2, 0) is 17.6 Å². The van der Waals surface area contributed by atoms with Crippen molar-refractivity contribution in [2.24, 2.45) is 0 Å². The van der Waals surface area contributed by atoms with Gasteiger partial charge in [0.1, 0.15) is 0 Å². The smallest absolute Gasteiger partial charge is 0.0655 e. The largest absolute Gasteiger partial charge is 0.378 e. The van der Waals surface area contributed by atoms with E-state index in [1.165, 1.54) is 24.0 Å². The van der Waals surface area contributed by atoms with Gasteiger partial charge in [-0.15, -0.1) is 0 Å². The molecule has 112 valence electrons. The van der Waals surface area contributed by atoms with Crippen LogP contribution in [-0.4, -0.2) is 12.7 Å². The molecule has 0 aliphatic rings. The van der Waals surface area contributed by atoms with Crippen LogP contribution >= 0.6 is 0 Å². The van der Waals surface area contributed by atoms with Gasteiger partial charge < -0.3 is 4.74 Å². The van der Waals surface area contributed by atoms with Crippen molar-refractivity contribution < 1.29 is 4.74 Å². The summed E-state index contributed by atoms with van der Waals surface area (Å²) in [6.45, 7) is 3.10. The van der Waals surface area contributed by atoms with Gasteiger partial charge in [-0.1, -0.05) is 80.4 Å². The van der Waals surface area contributed by atoms with Crippen LogP contribution in [0.4, 0.5) is 0 Å². The third kappa shape index (κ3) is 6.14. The van der Waals surface area contributed by atoms with Crippen molar-refractivity contribution in [3.05, 3.63) is 71.8 Å². The first-order valence-corrected chi connectivity index (χ1v) is 8.08. The van der Waals surface area contributed by atoms with E-state index in [9.17, 15) is 0 Å². The van der Waals surface area contributed by atoms with Crippen molar-refractivity contribution in [2.45, 2.75) is 45.1 Å². The van der Waals surface area contributed by atoms with E-state index < -0.39 is 0 Å². The summed E-state index contributed by atoms with van der Waals surface area (Å²) in [4.78, 5) is 0. The zero-order valence-corrected chi connectivity index (χ0v) is 13.0. The van der Waals surface area contributed by atoms with Gasteiger partial charge in [0.15, 0.2) is 0 Å². The zero-order chi connectivity index (χ0) is 14.8. The fraction of sp³-hybridized carbons (Fsp3) is 0.400. The molecule has 0 saturated heterocycles. The van der Waals surface area contributed by atoms with Gasteiger partial charge in [-0.05, 0) is 30.4 Å². The average molecular weight is 282 g/mol. The van der Waals surface area contributed by atoms with E-state index >= 15 is 0 Å². The van der Waals surface area contributed by atoms with Crippen molar-refractivity contribution in [3.8, 4) is 0 Å². The van der Waals surface area contributed by atoms with Crippen LogP contribution in [0.1, 0.15) is 37.3 Å².